The van der Waals surface area contributed by atoms with E-state index >= 15 is 0 Å². The van der Waals surface area contributed by atoms with Crippen LogP contribution in [0.2, 0.25) is 0 Å². The number of hydrogen-bond acceptors (Lipinski definition) is 6. The van der Waals surface area contributed by atoms with Crippen molar-refractivity contribution in [1.82, 2.24) is 15.3 Å². The Hall–Kier alpha value is -2.83. The van der Waals surface area contributed by atoms with Crippen LogP contribution in [0.15, 0.2) is 24.4 Å². The molecule has 0 saturated heterocycles. The number of aromatic nitrogens is 2. The molecular weight excluding hydrogens is 344 g/mol. The van der Waals surface area contributed by atoms with Gasteiger partial charge in [0.05, 0.1) is 14.2 Å². The number of nitrogens with zero attached hydrogens (tertiary/aromatic N) is 3. The monoisotopic (exact) mass is 370 g/mol. The van der Waals surface area contributed by atoms with Crippen molar-refractivity contribution in [1.29, 1.82) is 0 Å². The second-order valence-corrected chi connectivity index (χ2v) is 6.99. The van der Waals surface area contributed by atoms with E-state index in [4.69, 9.17) is 9.47 Å². The molecule has 1 aromatic carbocycles. The molecule has 1 aliphatic heterocycles. The highest BCUT2D eigenvalue weighted by molar-refractivity contribution is 5.92. The third-order valence-electron chi connectivity index (χ3n) is 4.55. The normalized spacial score (nSPS) is 13.3. The van der Waals surface area contributed by atoms with E-state index in [1.165, 1.54) is 5.56 Å². The summed E-state index contributed by atoms with van der Waals surface area (Å²) in [5.41, 5.74) is 2.77. The second-order valence-electron chi connectivity index (χ2n) is 6.99. The standard InChI is InChI=1S/C20H26N4O3/c1-13(2)11-22-19(25)16-5-7-21-20(23-16)24-8-6-14-9-17(26-3)18(27-4)10-15(14)12-24/h5,7,9-10,13H,6,8,11-12H2,1-4H3,(H,22,25). The summed E-state index contributed by atoms with van der Waals surface area (Å²) < 4.78 is 10.8. The van der Waals surface area contributed by atoms with Gasteiger partial charge in [-0.05, 0) is 41.7 Å². The van der Waals surface area contributed by atoms with Crippen LogP contribution in [0.25, 0.3) is 0 Å². The van der Waals surface area contributed by atoms with Crippen molar-refractivity contribution >= 4 is 11.9 Å². The van der Waals surface area contributed by atoms with Crippen LogP contribution in [0.3, 0.4) is 0 Å². The Kier molecular flexibility index (Phi) is 5.78. The molecule has 7 heteroatoms. The first-order chi connectivity index (χ1) is 13.0. The molecule has 0 atom stereocenters. The molecule has 0 fully saturated rings. The van der Waals surface area contributed by atoms with Gasteiger partial charge in [0.2, 0.25) is 5.95 Å². The molecule has 27 heavy (non-hydrogen) atoms. The first-order valence-electron chi connectivity index (χ1n) is 9.11. The lowest BCUT2D eigenvalue weighted by Crippen LogP contribution is -2.33. The van der Waals surface area contributed by atoms with Gasteiger partial charge in [0.25, 0.3) is 5.91 Å². The lowest BCUT2D eigenvalue weighted by molar-refractivity contribution is 0.0944. The Morgan fingerprint density at radius 3 is 2.59 bits per heavy atom. The Morgan fingerprint density at radius 2 is 1.93 bits per heavy atom. The first kappa shape index (κ1) is 18.9. The van der Waals surface area contributed by atoms with Gasteiger partial charge in [0.1, 0.15) is 5.69 Å². The van der Waals surface area contributed by atoms with Crippen LogP contribution in [0.5, 0.6) is 11.5 Å². The summed E-state index contributed by atoms with van der Waals surface area (Å²) in [6.07, 6.45) is 2.49. The molecule has 0 saturated carbocycles. The minimum Gasteiger partial charge on any atom is -0.493 e. The molecule has 1 N–H and O–H groups in total. The zero-order valence-corrected chi connectivity index (χ0v) is 16.3. The average molecular weight is 370 g/mol. The van der Waals surface area contributed by atoms with Crippen molar-refractivity contribution in [3.05, 3.63) is 41.2 Å². The van der Waals surface area contributed by atoms with Crippen molar-refractivity contribution in [2.24, 2.45) is 5.92 Å². The molecule has 0 unspecified atom stereocenters. The number of methoxy groups -OCH3 is 2. The second kappa shape index (κ2) is 8.24. The van der Waals surface area contributed by atoms with E-state index in [9.17, 15) is 4.79 Å². The molecule has 7 nitrogen and oxygen atoms in total. The Morgan fingerprint density at radius 1 is 1.22 bits per heavy atom. The lowest BCUT2D eigenvalue weighted by atomic mass is 9.99. The number of ether oxygens (including phenoxy) is 2. The lowest BCUT2D eigenvalue weighted by Gasteiger charge is -2.29. The summed E-state index contributed by atoms with van der Waals surface area (Å²) in [4.78, 5) is 23.2. The maximum atomic E-state index is 12.3. The summed E-state index contributed by atoms with van der Waals surface area (Å²) in [7, 11) is 3.27. The number of nitrogens with one attached hydrogen (secondary N) is 1. The van der Waals surface area contributed by atoms with Crippen molar-refractivity contribution in [2.75, 3.05) is 32.2 Å². The number of anilines is 1. The quantitative estimate of drug-likeness (QED) is 0.842. The number of rotatable bonds is 6. The van der Waals surface area contributed by atoms with E-state index in [1.807, 2.05) is 12.1 Å². The van der Waals surface area contributed by atoms with Gasteiger partial charge >= 0.3 is 0 Å². The van der Waals surface area contributed by atoms with Crippen LogP contribution in [-0.4, -0.2) is 43.2 Å². The molecule has 1 aromatic heterocycles. The maximum Gasteiger partial charge on any atom is 0.270 e. The summed E-state index contributed by atoms with van der Waals surface area (Å²) in [5.74, 6) is 2.23. The SMILES string of the molecule is COc1cc2c(cc1OC)CN(c1nccc(C(=O)NCC(C)C)n1)CC2. The predicted octanol–water partition coefficient (Wildman–Crippen LogP) is 2.44. The van der Waals surface area contributed by atoms with E-state index in [2.05, 4.69) is 34.0 Å². The van der Waals surface area contributed by atoms with Crippen molar-refractivity contribution in [3.8, 4) is 11.5 Å². The highest BCUT2D eigenvalue weighted by Gasteiger charge is 2.22. The fraction of sp³-hybridized carbons (Fsp3) is 0.450. The molecule has 1 aliphatic rings. The number of amides is 1. The van der Waals surface area contributed by atoms with Gasteiger partial charge < -0.3 is 19.7 Å². The minimum absolute atomic E-state index is 0.170. The van der Waals surface area contributed by atoms with Crippen LogP contribution in [0.4, 0.5) is 5.95 Å². The molecule has 1 amide bonds. The summed E-state index contributed by atoms with van der Waals surface area (Å²) in [5, 5.41) is 2.89. The van der Waals surface area contributed by atoms with Gasteiger partial charge in [-0.15, -0.1) is 0 Å². The summed E-state index contributed by atoms with van der Waals surface area (Å²) in [6, 6.07) is 5.67. The largest absolute Gasteiger partial charge is 0.493 e. The Bertz CT molecular complexity index is 823. The fourth-order valence-electron chi connectivity index (χ4n) is 3.07. The predicted molar refractivity (Wildman–Crippen MR) is 104 cm³/mol. The van der Waals surface area contributed by atoms with Crippen LogP contribution in [0.1, 0.15) is 35.5 Å². The molecule has 144 valence electrons. The third-order valence-corrected chi connectivity index (χ3v) is 4.55. The van der Waals surface area contributed by atoms with E-state index in [1.54, 1.807) is 26.5 Å². The average Bonchev–Trinajstić information content (AvgIpc) is 2.70. The van der Waals surface area contributed by atoms with Crippen molar-refractivity contribution in [2.45, 2.75) is 26.8 Å². The van der Waals surface area contributed by atoms with E-state index in [0.29, 0.717) is 36.4 Å². The molecule has 0 spiro atoms. The molecule has 0 aliphatic carbocycles. The smallest absolute Gasteiger partial charge is 0.270 e. The maximum absolute atomic E-state index is 12.3. The van der Waals surface area contributed by atoms with Crippen LogP contribution < -0.4 is 19.7 Å². The van der Waals surface area contributed by atoms with E-state index in [-0.39, 0.29) is 5.91 Å². The zero-order valence-electron chi connectivity index (χ0n) is 16.3. The molecule has 2 heterocycles. The van der Waals surface area contributed by atoms with E-state index in [0.717, 1.165) is 24.3 Å². The topological polar surface area (TPSA) is 76.6 Å². The highest BCUT2D eigenvalue weighted by atomic mass is 16.5. The van der Waals surface area contributed by atoms with Crippen molar-refractivity contribution < 1.29 is 14.3 Å². The van der Waals surface area contributed by atoms with Gasteiger partial charge in [-0.25, -0.2) is 9.97 Å². The number of fused-ring (bicyclic) bond motifs is 1. The van der Waals surface area contributed by atoms with Gasteiger partial charge in [-0.3, -0.25) is 4.79 Å². The van der Waals surface area contributed by atoms with Crippen LogP contribution in [-0.2, 0) is 13.0 Å². The fourth-order valence-corrected chi connectivity index (χ4v) is 3.07. The number of hydrogen-bond donors (Lipinski definition) is 1. The molecule has 3 rings (SSSR count). The molecule has 0 bridgehead atoms. The Balaban J connectivity index is 1.79. The third kappa shape index (κ3) is 4.30. The highest BCUT2D eigenvalue weighted by Crippen LogP contribution is 2.33. The summed E-state index contributed by atoms with van der Waals surface area (Å²) >= 11 is 0. The van der Waals surface area contributed by atoms with Gasteiger partial charge in [-0.2, -0.15) is 0 Å². The van der Waals surface area contributed by atoms with Crippen LogP contribution >= 0.6 is 0 Å². The number of carbonyl (C=O) groups is 1. The molecule has 2 aromatic rings. The van der Waals surface area contributed by atoms with Gasteiger partial charge in [-0.1, -0.05) is 13.8 Å². The van der Waals surface area contributed by atoms with Gasteiger partial charge in [0.15, 0.2) is 11.5 Å². The molecular formula is C20H26N4O3. The summed E-state index contributed by atoms with van der Waals surface area (Å²) in [6.45, 7) is 6.17. The Labute approximate surface area is 159 Å². The van der Waals surface area contributed by atoms with Gasteiger partial charge in [0, 0.05) is 25.8 Å². The van der Waals surface area contributed by atoms with Crippen LogP contribution in [0, 0.1) is 5.92 Å². The minimum atomic E-state index is -0.170. The zero-order chi connectivity index (χ0) is 19.4. The van der Waals surface area contributed by atoms with E-state index < -0.39 is 0 Å². The van der Waals surface area contributed by atoms with Crippen molar-refractivity contribution in [3.63, 3.8) is 0 Å². The first-order valence-corrected chi connectivity index (χ1v) is 9.11. The molecule has 0 radical (unpaired) electrons. The number of carbonyl (C=O) groups excluding carboxylic acids is 1. The number of benzene rings is 1.